The standard InChI is InChI=1S/C24H32N6S/c1-19-27-28-23(29(19)2)18-26-24(25-13-10-22-9-6-16-31-22)30-14-11-21(12-15-30)17-20-7-4-3-5-8-20/h3-9,16,21H,10-15,17-18H2,1-2H3,(H,25,26). The van der Waals surface area contributed by atoms with Gasteiger partial charge in [0.25, 0.3) is 0 Å². The average molecular weight is 437 g/mol. The van der Waals surface area contributed by atoms with Crippen molar-refractivity contribution in [3.05, 3.63) is 69.9 Å². The zero-order valence-electron chi connectivity index (χ0n) is 18.5. The van der Waals surface area contributed by atoms with E-state index < -0.39 is 0 Å². The Kier molecular flexibility index (Phi) is 7.35. The summed E-state index contributed by atoms with van der Waals surface area (Å²) in [4.78, 5) is 8.75. The molecule has 1 aliphatic rings. The van der Waals surface area contributed by atoms with Crippen molar-refractivity contribution in [2.24, 2.45) is 18.0 Å². The number of likely N-dealkylation sites (tertiary alicyclic amines) is 1. The van der Waals surface area contributed by atoms with Gasteiger partial charge in [0.2, 0.25) is 0 Å². The van der Waals surface area contributed by atoms with Gasteiger partial charge in [0, 0.05) is 31.6 Å². The number of hydrogen-bond acceptors (Lipinski definition) is 4. The molecular weight excluding hydrogens is 404 g/mol. The average Bonchev–Trinajstić information content (AvgIpc) is 3.43. The molecule has 2 aromatic heterocycles. The SMILES string of the molecule is Cc1nnc(CN=C(NCCc2cccs2)N2CCC(Cc3ccccc3)CC2)n1C. The number of aromatic nitrogens is 3. The summed E-state index contributed by atoms with van der Waals surface area (Å²) in [6, 6.07) is 15.2. The summed E-state index contributed by atoms with van der Waals surface area (Å²) in [6.07, 6.45) is 4.59. The molecule has 1 saturated heterocycles. The van der Waals surface area contributed by atoms with Gasteiger partial charge in [0.05, 0.1) is 0 Å². The number of aliphatic imine (C=N–C) groups is 1. The van der Waals surface area contributed by atoms with E-state index in [-0.39, 0.29) is 0 Å². The van der Waals surface area contributed by atoms with E-state index >= 15 is 0 Å². The van der Waals surface area contributed by atoms with Gasteiger partial charge in [0.15, 0.2) is 11.8 Å². The highest BCUT2D eigenvalue weighted by molar-refractivity contribution is 7.09. The lowest BCUT2D eigenvalue weighted by atomic mass is 9.90. The lowest BCUT2D eigenvalue weighted by molar-refractivity contribution is 0.258. The second-order valence-electron chi connectivity index (χ2n) is 8.24. The van der Waals surface area contributed by atoms with Crippen LogP contribution in [-0.2, 0) is 26.4 Å². The van der Waals surface area contributed by atoms with Gasteiger partial charge >= 0.3 is 0 Å². The second kappa shape index (κ2) is 10.6. The first-order valence-electron chi connectivity index (χ1n) is 11.1. The van der Waals surface area contributed by atoms with Gasteiger partial charge in [-0.05, 0) is 55.5 Å². The smallest absolute Gasteiger partial charge is 0.194 e. The monoisotopic (exact) mass is 436 g/mol. The highest BCUT2D eigenvalue weighted by Crippen LogP contribution is 2.22. The zero-order chi connectivity index (χ0) is 21.5. The van der Waals surface area contributed by atoms with Crippen LogP contribution in [0.2, 0.25) is 0 Å². The Morgan fingerprint density at radius 3 is 2.61 bits per heavy atom. The fraction of sp³-hybridized carbons (Fsp3) is 0.458. The Labute approximate surface area is 189 Å². The maximum atomic E-state index is 4.93. The molecule has 0 radical (unpaired) electrons. The van der Waals surface area contributed by atoms with Crippen molar-refractivity contribution < 1.29 is 0 Å². The molecule has 7 heteroatoms. The Balaban J connectivity index is 1.37. The first-order valence-corrected chi connectivity index (χ1v) is 12.0. The molecule has 31 heavy (non-hydrogen) atoms. The number of hydrogen-bond donors (Lipinski definition) is 1. The lowest BCUT2D eigenvalue weighted by Gasteiger charge is -2.34. The molecule has 3 heterocycles. The fourth-order valence-corrected chi connectivity index (χ4v) is 4.76. The summed E-state index contributed by atoms with van der Waals surface area (Å²) in [6.45, 7) is 5.49. The number of guanidine groups is 1. The zero-order valence-corrected chi connectivity index (χ0v) is 19.3. The summed E-state index contributed by atoms with van der Waals surface area (Å²) >= 11 is 1.81. The second-order valence-corrected chi connectivity index (χ2v) is 9.27. The van der Waals surface area contributed by atoms with Crippen molar-refractivity contribution in [2.75, 3.05) is 19.6 Å². The Morgan fingerprint density at radius 1 is 1.13 bits per heavy atom. The van der Waals surface area contributed by atoms with Gasteiger partial charge in [-0.25, -0.2) is 4.99 Å². The molecule has 4 rings (SSSR count). The van der Waals surface area contributed by atoms with Gasteiger partial charge in [-0.3, -0.25) is 0 Å². The maximum absolute atomic E-state index is 4.93. The summed E-state index contributed by atoms with van der Waals surface area (Å²) in [5.41, 5.74) is 1.45. The topological polar surface area (TPSA) is 58.3 Å². The van der Waals surface area contributed by atoms with E-state index in [1.165, 1.54) is 29.7 Å². The van der Waals surface area contributed by atoms with Crippen LogP contribution < -0.4 is 5.32 Å². The molecule has 0 bridgehead atoms. The molecule has 1 aromatic carbocycles. The molecule has 0 spiro atoms. The van der Waals surface area contributed by atoms with E-state index in [2.05, 4.69) is 68.3 Å². The third kappa shape index (κ3) is 5.94. The van der Waals surface area contributed by atoms with Gasteiger partial charge in [0.1, 0.15) is 12.4 Å². The molecule has 1 aliphatic heterocycles. The number of aryl methyl sites for hydroxylation is 1. The summed E-state index contributed by atoms with van der Waals surface area (Å²) in [5.74, 6) is 3.55. The molecule has 0 saturated carbocycles. The van der Waals surface area contributed by atoms with Crippen LogP contribution in [0.3, 0.4) is 0 Å². The van der Waals surface area contributed by atoms with E-state index in [1.54, 1.807) is 0 Å². The molecule has 3 aromatic rings. The number of benzene rings is 1. The van der Waals surface area contributed by atoms with Crippen LogP contribution in [0.25, 0.3) is 0 Å². The number of rotatable bonds is 7. The van der Waals surface area contributed by atoms with Crippen LogP contribution in [-0.4, -0.2) is 45.3 Å². The summed E-state index contributed by atoms with van der Waals surface area (Å²) in [5, 5.41) is 14.2. The molecule has 0 amide bonds. The predicted molar refractivity (Wildman–Crippen MR) is 127 cm³/mol. The minimum absolute atomic E-state index is 0.544. The first-order chi connectivity index (χ1) is 15.2. The molecule has 0 aliphatic carbocycles. The summed E-state index contributed by atoms with van der Waals surface area (Å²) in [7, 11) is 2.00. The number of piperidine rings is 1. The van der Waals surface area contributed by atoms with Crippen molar-refractivity contribution in [1.29, 1.82) is 0 Å². The first kappa shape index (κ1) is 21.6. The molecule has 0 unspecified atom stereocenters. The van der Waals surface area contributed by atoms with E-state index in [1.807, 2.05) is 29.9 Å². The number of nitrogens with zero attached hydrogens (tertiary/aromatic N) is 5. The Morgan fingerprint density at radius 2 is 1.94 bits per heavy atom. The normalized spacial score (nSPS) is 15.4. The predicted octanol–water partition coefficient (Wildman–Crippen LogP) is 3.83. The molecule has 164 valence electrons. The van der Waals surface area contributed by atoms with Crippen LogP contribution >= 0.6 is 11.3 Å². The van der Waals surface area contributed by atoms with Gasteiger partial charge < -0.3 is 14.8 Å². The van der Waals surface area contributed by atoms with E-state index in [0.29, 0.717) is 6.54 Å². The van der Waals surface area contributed by atoms with Crippen LogP contribution in [0.5, 0.6) is 0 Å². The molecule has 0 atom stereocenters. The third-order valence-corrected chi connectivity index (χ3v) is 7.01. The number of nitrogens with one attached hydrogen (secondary N) is 1. The largest absolute Gasteiger partial charge is 0.356 e. The lowest BCUT2D eigenvalue weighted by Crippen LogP contribution is -2.46. The third-order valence-electron chi connectivity index (χ3n) is 6.07. The van der Waals surface area contributed by atoms with Crippen LogP contribution in [0.15, 0.2) is 52.8 Å². The van der Waals surface area contributed by atoms with E-state index in [9.17, 15) is 0 Å². The van der Waals surface area contributed by atoms with Crippen molar-refractivity contribution in [1.82, 2.24) is 25.0 Å². The highest BCUT2D eigenvalue weighted by Gasteiger charge is 2.22. The molecule has 1 fully saturated rings. The van der Waals surface area contributed by atoms with Crippen molar-refractivity contribution in [3.8, 4) is 0 Å². The van der Waals surface area contributed by atoms with Gasteiger partial charge in [-0.2, -0.15) is 0 Å². The van der Waals surface area contributed by atoms with E-state index in [4.69, 9.17) is 4.99 Å². The molecule has 6 nitrogen and oxygen atoms in total. The summed E-state index contributed by atoms with van der Waals surface area (Å²) < 4.78 is 2.01. The Bertz CT molecular complexity index is 955. The minimum atomic E-state index is 0.544. The van der Waals surface area contributed by atoms with Gasteiger partial charge in [-0.1, -0.05) is 36.4 Å². The minimum Gasteiger partial charge on any atom is -0.356 e. The highest BCUT2D eigenvalue weighted by atomic mass is 32.1. The fourth-order valence-electron chi connectivity index (χ4n) is 4.05. The quantitative estimate of drug-likeness (QED) is 0.452. The van der Waals surface area contributed by atoms with Crippen LogP contribution in [0, 0.1) is 12.8 Å². The molecular formula is C24H32N6S. The number of thiophene rings is 1. The van der Waals surface area contributed by atoms with Crippen molar-refractivity contribution in [2.45, 2.75) is 39.2 Å². The van der Waals surface area contributed by atoms with Crippen molar-refractivity contribution >= 4 is 17.3 Å². The van der Waals surface area contributed by atoms with Crippen molar-refractivity contribution in [3.63, 3.8) is 0 Å². The van der Waals surface area contributed by atoms with Gasteiger partial charge in [-0.15, -0.1) is 21.5 Å². The van der Waals surface area contributed by atoms with Crippen LogP contribution in [0.1, 0.15) is 34.9 Å². The Hall–Kier alpha value is -2.67. The molecule has 1 N–H and O–H groups in total. The maximum Gasteiger partial charge on any atom is 0.194 e. The van der Waals surface area contributed by atoms with E-state index in [0.717, 1.165) is 49.6 Å². The van der Waals surface area contributed by atoms with Crippen LogP contribution in [0.4, 0.5) is 0 Å².